The average molecular weight is 649 g/mol. The van der Waals surface area contributed by atoms with Gasteiger partial charge in [-0.15, -0.1) is 0 Å². The number of unbranched alkanes of at least 4 members (excludes halogenated alkanes) is 1. The minimum atomic E-state index is -0.907. The van der Waals surface area contributed by atoms with Crippen LogP contribution in [0.2, 0.25) is 0 Å². The fourth-order valence-electron chi connectivity index (χ4n) is 5.29. The zero-order valence-corrected chi connectivity index (χ0v) is 30.2. The Hall–Kier alpha value is -2.85. The lowest BCUT2D eigenvalue weighted by Crippen LogP contribution is -2.48. The van der Waals surface area contributed by atoms with E-state index in [0.29, 0.717) is 25.2 Å². The molecule has 10 nitrogen and oxygen atoms in total. The normalized spacial score (nSPS) is 15.3. The van der Waals surface area contributed by atoms with E-state index < -0.39 is 41.4 Å². The number of hydrogen-bond acceptors (Lipinski definition) is 8. The van der Waals surface area contributed by atoms with Crippen LogP contribution in [0.1, 0.15) is 100.0 Å². The number of hydrogen-bond donors (Lipinski definition) is 4. The zero-order chi connectivity index (χ0) is 35.2. The molecule has 0 aliphatic heterocycles. The molecule has 0 saturated carbocycles. The van der Waals surface area contributed by atoms with Crippen molar-refractivity contribution in [2.24, 2.45) is 52.2 Å². The summed E-state index contributed by atoms with van der Waals surface area (Å²) in [5, 5.41) is 2.89. The van der Waals surface area contributed by atoms with Gasteiger partial charge in [-0.1, -0.05) is 61.0 Å². The molecule has 10 heteroatoms. The van der Waals surface area contributed by atoms with Crippen molar-refractivity contribution in [3.63, 3.8) is 0 Å². The summed E-state index contributed by atoms with van der Waals surface area (Å²) in [5.41, 5.74) is 18.8. The summed E-state index contributed by atoms with van der Waals surface area (Å²) in [6.45, 7) is 18.4. The van der Waals surface area contributed by atoms with Crippen LogP contribution < -0.4 is 32.0 Å². The minimum absolute atomic E-state index is 0.0826. The van der Waals surface area contributed by atoms with Gasteiger partial charge in [0.05, 0.1) is 19.1 Å². The first-order valence-electron chi connectivity index (χ1n) is 17.0. The number of carbonyl (C=O) groups is 3. The van der Waals surface area contributed by atoms with Crippen molar-refractivity contribution >= 4 is 17.8 Å². The first kappa shape index (κ1) is 41.2. The lowest BCUT2D eigenvalue weighted by atomic mass is 9.80. The second-order valence-corrected chi connectivity index (χ2v) is 14.6. The average Bonchev–Trinajstić information content (AvgIpc) is 2.97. The molecule has 0 spiro atoms. The zero-order valence-electron chi connectivity index (χ0n) is 30.2. The number of carbonyl (C=O) groups excluding carboxylic acids is 3. The van der Waals surface area contributed by atoms with Crippen LogP contribution in [-0.2, 0) is 25.5 Å². The van der Waals surface area contributed by atoms with E-state index in [4.69, 9.17) is 31.4 Å². The largest absolute Gasteiger partial charge is 0.493 e. The topological polar surface area (TPSA) is 169 Å². The number of ether oxygens (including phenoxy) is 3. The van der Waals surface area contributed by atoms with Crippen molar-refractivity contribution in [3.05, 3.63) is 23.8 Å². The van der Waals surface area contributed by atoms with Gasteiger partial charge in [0.2, 0.25) is 11.8 Å². The number of benzene rings is 1. The molecule has 0 bridgehead atoms. The van der Waals surface area contributed by atoms with E-state index in [2.05, 4.69) is 26.1 Å². The van der Waals surface area contributed by atoms with E-state index in [1.807, 2.05) is 45.9 Å². The Morgan fingerprint density at radius 3 is 2.11 bits per heavy atom. The van der Waals surface area contributed by atoms with E-state index >= 15 is 0 Å². The van der Waals surface area contributed by atoms with Crippen molar-refractivity contribution in [1.29, 1.82) is 0 Å². The molecule has 0 heterocycles. The number of nitrogens with one attached hydrogen (secondary N) is 1. The summed E-state index contributed by atoms with van der Waals surface area (Å²) in [6, 6.07) is 4.67. The number of primary amides is 1. The van der Waals surface area contributed by atoms with Gasteiger partial charge in [0.1, 0.15) is 12.1 Å². The summed E-state index contributed by atoms with van der Waals surface area (Å²) in [4.78, 5) is 38.5. The van der Waals surface area contributed by atoms with Gasteiger partial charge in [0, 0.05) is 18.5 Å². The van der Waals surface area contributed by atoms with Gasteiger partial charge >= 0.3 is 5.97 Å². The number of amides is 2. The summed E-state index contributed by atoms with van der Waals surface area (Å²) >= 11 is 0. The molecule has 0 radical (unpaired) electrons. The minimum Gasteiger partial charge on any atom is -0.493 e. The molecular weight excluding hydrogens is 584 g/mol. The summed E-state index contributed by atoms with van der Waals surface area (Å²) in [5.74, 6) is 0.196. The lowest BCUT2D eigenvalue weighted by Gasteiger charge is -2.33. The van der Waals surface area contributed by atoms with Crippen molar-refractivity contribution in [2.75, 3.05) is 20.3 Å². The van der Waals surface area contributed by atoms with Crippen molar-refractivity contribution < 1.29 is 28.6 Å². The highest BCUT2D eigenvalue weighted by molar-refractivity contribution is 5.83. The third-order valence-electron chi connectivity index (χ3n) is 8.77. The van der Waals surface area contributed by atoms with Crippen molar-refractivity contribution in [1.82, 2.24) is 5.32 Å². The van der Waals surface area contributed by atoms with Crippen LogP contribution in [0.25, 0.3) is 0 Å². The summed E-state index contributed by atoms with van der Waals surface area (Å²) in [7, 11) is 1.63. The first-order chi connectivity index (χ1) is 21.4. The summed E-state index contributed by atoms with van der Waals surface area (Å²) in [6.07, 6.45) is 3.26. The Labute approximate surface area is 278 Å². The third kappa shape index (κ3) is 13.9. The highest BCUT2D eigenvalue weighted by Crippen LogP contribution is 2.32. The van der Waals surface area contributed by atoms with Gasteiger partial charge < -0.3 is 36.7 Å². The van der Waals surface area contributed by atoms with Gasteiger partial charge in [0.15, 0.2) is 11.5 Å². The molecule has 0 aliphatic rings. The number of rotatable bonds is 22. The molecule has 1 aromatic carbocycles. The van der Waals surface area contributed by atoms with Crippen molar-refractivity contribution in [2.45, 2.75) is 119 Å². The molecule has 1 rings (SSSR count). The highest BCUT2D eigenvalue weighted by Gasteiger charge is 2.35. The van der Waals surface area contributed by atoms with Crippen LogP contribution in [0.4, 0.5) is 0 Å². The van der Waals surface area contributed by atoms with Crippen LogP contribution in [0.5, 0.6) is 11.5 Å². The predicted molar refractivity (Wildman–Crippen MR) is 184 cm³/mol. The molecular formula is C36H64N4O6. The molecule has 1 aromatic rings. The maximum atomic E-state index is 13.4. The maximum Gasteiger partial charge on any atom is 0.323 e. The van der Waals surface area contributed by atoms with E-state index in [-0.39, 0.29) is 42.5 Å². The third-order valence-corrected chi connectivity index (χ3v) is 8.77. The predicted octanol–water partition coefficient (Wildman–Crippen LogP) is 4.98. The molecule has 0 unspecified atom stereocenters. The molecule has 7 N–H and O–H groups in total. The smallest absolute Gasteiger partial charge is 0.323 e. The van der Waals surface area contributed by atoms with Gasteiger partial charge in [-0.05, 0) is 87.3 Å². The van der Waals surface area contributed by atoms with E-state index in [1.165, 1.54) is 0 Å². The number of methoxy groups -OCH3 is 1. The molecule has 46 heavy (non-hydrogen) atoms. The second kappa shape index (κ2) is 19.7. The van der Waals surface area contributed by atoms with Crippen LogP contribution >= 0.6 is 0 Å². The molecule has 0 fully saturated rings. The van der Waals surface area contributed by atoms with Crippen LogP contribution in [0, 0.1) is 35.0 Å². The molecule has 264 valence electrons. The van der Waals surface area contributed by atoms with E-state index in [0.717, 1.165) is 30.6 Å². The van der Waals surface area contributed by atoms with Gasteiger partial charge in [-0.2, -0.15) is 0 Å². The molecule has 0 aliphatic carbocycles. The number of esters is 1. The van der Waals surface area contributed by atoms with Crippen LogP contribution in [0.15, 0.2) is 18.2 Å². The lowest BCUT2D eigenvalue weighted by molar-refractivity contribution is -0.154. The quantitative estimate of drug-likeness (QED) is 0.101. The summed E-state index contributed by atoms with van der Waals surface area (Å²) < 4.78 is 17.6. The van der Waals surface area contributed by atoms with Crippen LogP contribution in [0.3, 0.4) is 0 Å². The van der Waals surface area contributed by atoms with E-state index in [9.17, 15) is 14.4 Å². The molecule has 5 atom stereocenters. The second-order valence-electron chi connectivity index (χ2n) is 14.6. The number of nitrogens with two attached hydrogens (primary N) is 3. The Morgan fingerprint density at radius 2 is 1.59 bits per heavy atom. The Balaban J connectivity index is 3.28. The van der Waals surface area contributed by atoms with Crippen molar-refractivity contribution in [3.8, 4) is 11.5 Å². The first-order valence-corrected chi connectivity index (χ1v) is 17.0. The van der Waals surface area contributed by atoms with E-state index in [1.54, 1.807) is 21.0 Å². The Kier molecular flexibility index (Phi) is 17.7. The molecule has 2 amide bonds. The molecule has 0 aromatic heterocycles. The van der Waals surface area contributed by atoms with Gasteiger partial charge in [-0.25, -0.2) is 0 Å². The molecule has 0 saturated heterocycles. The standard InChI is InChI=1S/C36H64N4O6/c1-11-12-15-45-32-18-25(13-14-30(32)44-10)17-26(23(4)5)19-28(37)31(46-34(42)29(38)16-22(2)3)20-27(24(6)7)33(41)40-21-36(8,9)35(39)43/h13-14,18,22-24,26-29,31H,11-12,15-17,19-21,37-38H2,1-10H3,(H2,39,43)(H,40,41)/t26-,27-,28-,29-,31-/m0/s1. The Bertz CT molecular complexity index is 1090. The fourth-order valence-corrected chi connectivity index (χ4v) is 5.29. The maximum absolute atomic E-state index is 13.4. The monoisotopic (exact) mass is 648 g/mol. The van der Waals surface area contributed by atoms with Gasteiger partial charge in [-0.3, -0.25) is 14.4 Å². The SMILES string of the molecule is CCCCOc1cc(C[C@@H](C[C@H](N)[C@H](C[C@H](C(=O)NCC(C)(C)C(N)=O)C(C)C)OC(=O)[C@@H](N)CC(C)C)C(C)C)ccc1OC. The van der Waals surface area contributed by atoms with Gasteiger partial charge in [0.25, 0.3) is 0 Å². The fraction of sp³-hybridized carbons (Fsp3) is 0.750. The Morgan fingerprint density at radius 1 is 0.935 bits per heavy atom. The van der Waals surface area contributed by atoms with Crippen LogP contribution in [-0.4, -0.2) is 56.2 Å². The highest BCUT2D eigenvalue weighted by atomic mass is 16.5.